The minimum atomic E-state index is -4.00. The van der Waals surface area contributed by atoms with E-state index in [2.05, 4.69) is 0 Å². The SMILES string of the molecule is CCC(C(=O)O)N(C)S(=O)(=O)c1ccc(S(C)(=O)=O)cc1. The molecule has 118 valence electrons. The monoisotopic (exact) mass is 335 g/mol. The predicted octanol–water partition coefficient (Wildman–Crippen LogP) is 0.574. The van der Waals surface area contributed by atoms with Gasteiger partial charge in [0.2, 0.25) is 10.0 Å². The van der Waals surface area contributed by atoms with Gasteiger partial charge in [0.1, 0.15) is 6.04 Å². The number of carbonyl (C=O) groups is 1. The number of rotatable bonds is 6. The first-order valence-electron chi connectivity index (χ1n) is 6.02. The van der Waals surface area contributed by atoms with Gasteiger partial charge in [0, 0.05) is 13.3 Å². The van der Waals surface area contributed by atoms with Crippen LogP contribution in [0.5, 0.6) is 0 Å². The van der Waals surface area contributed by atoms with Gasteiger partial charge in [-0.1, -0.05) is 6.92 Å². The zero-order chi connectivity index (χ0) is 16.4. The van der Waals surface area contributed by atoms with Crippen LogP contribution in [0.1, 0.15) is 13.3 Å². The van der Waals surface area contributed by atoms with Crippen molar-refractivity contribution in [2.75, 3.05) is 13.3 Å². The van der Waals surface area contributed by atoms with E-state index in [1.807, 2.05) is 0 Å². The first kappa shape index (κ1) is 17.6. The molecule has 1 unspecified atom stereocenters. The molecule has 1 rings (SSSR count). The van der Waals surface area contributed by atoms with Crippen molar-refractivity contribution in [3.8, 4) is 0 Å². The molecule has 0 aliphatic carbocycles. The smallest absolute Gasteiger partial charge is 0.321 e. The fourth-order valence-corrected chi connectivity index (χ4v) is 3.80. The van der Waals surface area contributed by atoms with E-state index in [1.165, 1.54) is 19.2 Å². The van der Waals surface area contributed by atoms with Crippen molar-refractivity contribution in [3.63, 3.8) is 0 Å². The van der Waals surface area contributed by atoms with Crippen molar-refractivity contribution < 1.29 is 26.7 Å². The fraction of sp³-hybridized carbons (Fsp3) is 0.417. The van der Waals surface area contributed by atoms with E-state index >= 15 is 0 Å². The molecule has 1 atom stereocenters. The molecule has 0 fully saturated rings. The summed E-state index contributed by atoms with van der Waals surface area (Å²) < 4.78 is 48.1. The molecule has 0 aliphatic heterocycles. The Morgan fingerprint density at radius 3 is 1.90 bits per heavy atom. The quantitative estimate of drug-likeness (QED) is 0.814. The average Bonchev–Trinajstić information content (AvgIpc) is 2.38. The number of sulfone groups is 1. The average molecular weight is 335 g/mol. The Labute approximate surface area is 124 Å². The third kappa shape index (κ3) is 3.80. The summed E-state index contributed by atoms with van der Waals surface area (Å²) >= 11 is 0. The molecule has 0 heterocycles. The van der Waals surface area contributed by atoms with Crippen LogP contribution in [0.25, 0.3) is 0 Å². The maximum atomic E-state index is 12.3. The van der Waals surface area contributed by atoms with Gasteiger partial charge in [0.15, 0.2) is 9.84 Å². The highest BCUT2D eigenvalue weighted by molar-refractivity contribution is 7.90. The summed E-state index contributed by atoms with van der Waals surface area (Å²) in [5.41, 5.74) is 0. The second-order valence-corrected chi connectivity index (χ2v) is 8.54. The Morgan fingerprint density at radius 1 is 1.14 bits per heavy atom. The summed E-state index contributed by atoms with van der Waals surface area (Å²) in [6.07, 6.45) is 1.13. The lowest BCUT2D eigenvalue weighted by Gasteiger charge is -2.23. The summed E-state index contributed by atoms with van der Waals surface area (Å²) in [4.78, 5) is 10.9. The van der Waals surface area contributed by atoms with Crippen LogP contribution in [-0.4, -0.2) is 51.6 Å². The minimum Gasteiger partial charge on any atom is -0.480 e. The van der Waals surface area contributed by atoms with Crippen LogP contribution in [0.15, 0.2) is 34.1 Å². The Kier molecular flexibility index (Phi) is 5.13. The van der Waals surface area contributed by atoms with Crippen molar-refractivity contribution >= 4 is 25.8 Å². The molecular weight excluding hydrogens is 318 g/mol. The number of sulfonamides is 1. The predicted molar refractivity (Wildman–Crippen MR) is 76.2 cm³/mol. The summed E-state index contributed by atoms with van der Waals surface area (Å²) in [7, 11) is -6.24. The van der Waals surface area contributed by atoms with Gasteiger partial charge in [0.05, 0.1) is 9.79 Å². The molecular formula is C12H17NO6S2. The van der Waals surface area contributed by atoms with Crippen molar-refractivity contribution in [3.05, 3.63) is 24.3 Å². The molecule has 7 nitrogen and oxygen atoms in total. The normalized spacial score (nSPS) is 14.1. The van der Waals surface area contributed by atoms with E-state index in [0.29, 0.717) is 0 Å². The fourth-order valence-electron chi connectivity index (χ4n) is 1.78. The van der Waals surface area contributed by atoms with Gasteiger partial charge in [-0.15, -0.1) is 0 Å². The molecule has 0 aromatic heterocycles. The summed E-state index contributed by atoms with van der Waals surface area (Å²) in [5.74, 6) is -1.24. The van der Waals surface area contributed by atoms with Crippen LogP contribution in [0.3, 0.4) is 0 Å². The molecule has 0 radical (unpaired) electrons. The van der Waals surface area contributed by atoms with Crippen molar-refractivity contribution in [1.29, 1.82) is 0 Å². The molecule has 1 N–H and O–H groups in total. The topological polar surface area (TPSA) is 109 Å². The lowest BCUT2D eigenvalue weighted by Crippen LogP contribution is -2.41. The second-order valence-electron chi connectivity index (χ2n) is 4.53. The van der Waals surface area contributed by atoms with E-state index < -0.39 is 31.9 Å². The van der Waals surface area contributed by atoms with Gasteiger partial charge in [-0.2, -0.15) is 4.31 Å². The summed E-state index contributed by atoms with van der Waals surface area (Å²) in [6, 6.07) is 3.48. The highest BCUT2D eigenvalue weighted by Crippen LogP contribution is 2.20. The molecule has 0 bridgehead atoms. The lowest BCUT2D eigenvalue weighted by molar-refractivity contribution is -0.141. The van der Waals surface area contributed by atoms with Crippen LogP contribution in [0.4, 0.5) is 0 Å². The number of hydrogen-bond acceptors (Lipinski definition) is 5. The van der Waals surface area contributed by atoms with Crippen molar-refractivity contribution in [2.24, 2.45) is 0 Å². The molecule has 1 aromatic rings. The van der Waals surface area contributed by atoms with Crippen LogP contribution in [0.2, 0.25) is 0 Å². The third-order valence-corrected chi connectivity index (χ3v) is 6.05. The van der Waals surface area contributed by atoms with Crippen LogP contribution >= 0.6 is 0 Å². The molecule has 0 amide bonds. The number of aliphatic carboxylic acids is 1. The van der Waals surface area contributed by atoms with Crippen LogP contribution < -0.4 is 0 Å². The van der Waals surface area contributed by atoms with Crippen LogP contribution in [-0.2, 0) is 24.7 Å². The molecule has 21 heavy (non-hydrogen) atoms. The zero-order valence-electron chi connectivity index (χ0n) is 11.8. The van der Waals surface area contributed by atoms with Gasteiger partial charge in [-0.05, 0) is 30.7 Å². The zero-order valence-corrected chi connectivity index (χ0v) is 13.5. The molecule has 0 spiro atoms. The van der Waals surface area contributed by atoms with E-state index in [1.54, 1.807) is 6.92 Å². The highest BCUT2D eigenvalue weighted by atomic mass is 32.2. The second kappa shape index (κ2) is 6.12. The number of hydrogen-bond donors (Lipinski definition) is 1. The van der Waals surface area contributed by atoms with E-state index in [4.69, 9.17) is 5.11 Å². The molecule has 1 aromatic carbocycles. The maximum Gasteiger partial charge on any atom is 0.321 e. The minimum absolute atomic E-state index is 0.00520. The first-order valence-corrected chi connectivity index (χ1v) is 9.36. The number of benzene rings is 1. The molecule has 0 saturated heterocycles. The Hall–Kier alpha value is -1.45. The van der Waals surface area contributed by atoms with E-state index in [0.717, 1.165) is 22.7 Å². The standard InChI is InChI=1S/C12H17NO6S2/c1-4-11(12(14)15)13(2)21(18,19)10-7-5-9(6-8-10)20(3,16)17/h5-8,11H,4H2,1-3H3,(H,14,15). The van der Waals surface area contributed by atoms with Crippen LogP contribution in [0, 0.1) is 0 Å². The molecule has 0 saturated carbocycles. The van der Waals surface area contributed by atoms with E-state index in [9.17, 15) is 21.6 Å². The number of nitrogens with zero attached hydrogens (tertiary/aromatic N) is 1. The first-order chi connectivity index (χ1) is 9.51. The lowest BCUT2D eigenvalue weighted by atomic mass is 10.2. The largest absolute Gasteiger partial charge is 0.480 e. The Balaban J connectivity index is 3.22. The Bertz CT molecular complexity index is 722. The molecule has 9 heteroatoms. The number of likely N-dealkylation sites (N-methyl/N-ethyl adjacent to an activating group) is 1. The summed E-state index contributed by atoms with van der Waals surface area (Å²) in [6.45, 7) is 1.57. The summed E-state index contributed by atoms with van der Waals surface area (Å²) in [5, 5.41) is 9.02. The third-order valence-electron chi connectivity index (χ3n) is 3.04. The highest BCUT2D eigenvalue weighted by Gasteiger charge is 2.31. The van der Waals surface area contributed by atoms with Gasteiger partial charge < -0.3 is 5.11 Å². The van der Waals surface area contributed by atoms with E-state index in [-0.39, 0.29) is 16.2 Å². The van der Waals surface area contributed by atoms with Gasteiger partial charge in [-0.3, -0.25) is 4.79 Å². The Morgan fingerprint density at radius 2 is 1.57 bits per heavy atom. The van der Waals surface area contributed by atoms with Gasteiger partial charge >= 0.3 is 5.97 Å². The number of carboxylic acids is 1. The van der Waals surface area contributed by atoms with Crippen molar-refractivity contribution in [1.82, 2.24) is 4.31 Å². The number of carboxylic acid groups (broad SMARTS) is 1. The molecule has 0 aliphatic rings. The van der Waals surface area contributed by atoms with Crippen molar-refractivity contribution in [2.45, 2.75) is 29.2 Å². The van der Waals surface area contributed by atoms with Gasteiger partial charge in [0.25, 0.3) is 0 Å². The maximum absolute atomic E-state index is 12.3. The van der Waals surface area contributed by atoms with Gasteiger partial charge in [-0.25, -0.2) is 16.8 Å².